The molecule has 0 spiro atoms. The van der Waals surface area contributed by atoms with Crippen LogP contribution in [0.2, 0.25) is 0 Å². The van der Waals surface area contributed by atoms with Gasteiger partial charge in [0.2, 0.25) is 0 Å². The standard InChI is InChI=1S/C24H14N2O4/c1-25-21-15(27)7-13-10-4-6-12-20-18(10)14(8-16(28)22(20)26(2)24(12)30)9-3-5-11(23(25)29)19(21)17(9)13/h3-8,27-28H,1-2H3. The lowest BCUT2D eigenvalue weighted by Gasteiger charge is -2.18. The molecule has 30 heavy (non-hydrogen) atoms. The Hall–Kier alpha value is -4.06. The van der Waals surface area contributed by atoms with E-state index in [4.69, 9.17) is 0 Å². The molecule has 5 aromatic rings. The fraction of sp³-hybridized carbons (Fsp3) is 0.0833. The Balaban J connectivity index is 1.86. The van der Waals surface area contributed by atoms with E-state index in [1.807, 2.05) is 12.1 Å². The minimum Gasteiger partial charge on any atom is -0.506 e. The zero-order valence-electron chi connectivity index (χ0n) is 16.1. The van der Waals surface area contributed by atoms with Crippen LogP contribution in [0, 0.1) is 0 Å². The van der Waals surface area contributed by atoms with Crippen LogP contribution in [-0.2, 0) is 0 Å². The van der Waals surface area contributed by atoms with Crippen molar-refractivity contribution in [3.05, 3.63) is 47.5 Å². The lowest BCUT2D eigenvalue weighted by molar-refractivity contribution is 0.0991. The van der Waals surface area contributed by atoms with Crippen LogP contribution in [-0.4, -0.2) is 36.1 Å². The molecule has 2 aliphatic heterocycles. The van der Waals surface area contributed by atoms with Crippen LogP contribution in [0.3, 0.4) is 0 Å². The molecule has 144 valence electrons. The number of aromatic hydroxyl groups is 2. The number of benzene rings is 5. The smallest absolute Gasteiger partial charge is 0.258 e. The summed E-state index contributed by atoms with van der Waals surface area (Å²) in [5.41, 5.74) is 2.12. The van der Waals surface area contributed by atoms with Gasteiger partial charge in [-0.1, -0.05) is 12.1 Å². The van der Waals surface area contributed by atoms with Crippen molar-refractivity contribution in [2.75, 3.05) is 23.9 Å². The Morgan fingerprint density at radius 2 is 1.00 bits per heavy atom. The molecule has 0 atom stereocenters. The van der Waals surface area contributed by atoms with E-state index in [1.165, 1.54) is 9.80 Å². The molecule has 5 aromatic carbocycles. The Bertz CT molecular complexity index is 1560. The summed E-state index contributed by atoms with van der Waals surface area (Å²) in [6, 6.07) is 10.7. The van der Waals surface area contributed by atoms with Gasteiger partial charge in [0.1, 0.15) is 11.5 Å². The number of phenols is 2. The topological polar surface area (TPSA) is 81.1 Å². The molecule has 0 aromatic heterocycles. The third-order valence-electron chi connectivity index (χ3n) is 6.79. The summed E-state index contributed by atoms with van der Waals surface area (Å²) in [4.78, 5) is 28.5. The van der Waals surface area contributed by atoms with Gasteiger partial charge in [0.15, 0.2) is 0 Å². The van der Waals surface area contributed by atoms with Gasteiger partial charge in [-0.3, -0.25) is 9.59 Å². The number of hydrogen-bond donors (Lipinski definition) is 2. The van der Waals surface area contributed by atoms with Crippen molar-refractivity contribution in [3.8, 4) is 11.5 Å². The highest BCUT2D eigenvalue weighted by atomic mass is 16.3. The second-order valence-electron chi connectivity index (χ2n) is 8.13. The van der Waals surface area contributed by atoms with Crippen molar-refractivity contribution in [2.24, 2.45) is 0 Å². The Morgan fingerprint density at radius 1 is 0.600 bits per heavy atom. The van der Waals surface area contributed by atoms with Crippen LogP contribution < -0.4 is 9.80 Å². The second kappa shape index (κ2) is 4.57. The normalized spacial score (nSPS) is 15.3. The summed E-state index contributed by atoms with van der Waals surface area (Å²) < 4.78 is 0. The molecule has 0 saturated heterocycles. The lowest BCUT2D eigenvalue weighted by Crippen LogP contribution is -2.20. The summed E-state index contributed by atoms with van der Waals surface area (Å²) in [7, 11) is 3.32. The van der Waals surface area contributed by atoms with Crippen LogP contribution >= 0.6 is 0 Å². The van der Waals surface area contributed by atoms with Crippen molar-refractivity contribution in [2.45, 2.75) is 0 Å². The largest absolute Gasteiger partial charge is 0.506 e. The van der Waals surface area contributed by atoms with E-state index >= 15 is 0 Å². The summed E-state index contributed by atoms with van der Waals surface area (Å²) in [6.45, 7) is 0. The fourth-order valence-electron chi connectivity index (χ4n) is 5.54. The summed E-state index contributed by atoms with van der Waals surface area (Å²) in [5, 5.41) is 28.2. The van der Waals surface area contributed by atoms with Gasteiger partial charge in [-0.2, -0.15) is 0 Å². The molecule has 6 nitrogen and oxygen atoms in total. The van der Waals surface area contributed by atoms with E-state index in [2.05, 4.69) is 0 Å². The molecule has 0 aliphatic carbocycles. The number of anilines is 2. The highest BCUT2D eigenvalue weighted by Gasteiger charge is 2.35. The number of rotatable bonds is 0. The first-order chi connectivity index (χ1) is 14.4. The highest BCUT2D eigenvalue weighted by Crippen LogP contribution is 2.54. The van der Waals surface area contributed by atoms with Crippen LogP contribution in [0.4, 0.5) is 11.4 Å². The van der Waals surface area contributed by atoms with Crippen molar-refractivity contribution in [1.29, 1.82) is 0 Å². The van der Waals surface area contributed by atoms with Gasteiger partial charge in [0, 0.05) is 35.6 Å². The number of phenolic OH excluding ortho intramolecular Hbond substituents is 2. The van der Waals surface area contributed by atoms with Crippen LogP contribution in [0.25, 0.3) is 43.1 Å². The first-order valence-corrected chi connectivity index (χ1v) is 9.62. The molecule has 0 unspecified atom stereocenters. The second-order valence-corrected chi connectivity index (χ2v) is 8.13. The van der Waals surface area contributed by atoms with Gasteiger partial charge < -0.3 is 20.0 Å². The number of amides is 2. The van der Waals surface area contributed by atoms with Crippen molar-refractivity contribution in [1.82, 2.24) is 0 Å². The first kappa shape index (κ1) is 15.8. The van der Waals surface area contributed by atoms with Crippen LogP contribution in [0.15, 0.2) is 36.4 Å². The minimum atomic E-state index is -0.154. The maximum absolute atomic E-state index is 12.8. The molecular formula is C24H14N2O4. The monoisotopic (exact) mass is 394 g/mol. The summed E-state index contributed by atoms with van der Waals surface area (Å²) in [5.74, 6) is -0.212. The van der Waals surface area contributed by atoms with Gasteiger partial charge in [0.25, 0.3) is 11.8 Å². The van der Waals surface area contributed by atoms with Gasteiger partial charge in [-0.05, 0) is 45.8 Å². The van der Waals surface area contributed by atoms with Crippen LogP contribution in [0.1, 0.15) is 20.7 Å². The molecule has 2 amide bonds. The van der Waals surface area contributed by atoms with E-state index in [9.17, 15) is 19.8 Å². The molecule has 2 aliphatic rings. The zero-order valence-corrected chi connectivity index (χ0v) is 16.1. The van der Waals surface area contributed by atoms with Crippen molar-refractivity contribution < 1.29 is 19.8 Å². The highest BCUT2D eigenvalue weighted by molar-refractivity contribution is 6.42. The predicted molar refractivity (Wildman–Crippen MR) is 116 cm³/mol. The molecule has 0 radical (unpaired) electrons. The fourth-order valence-corrected chi connectivity index (χ4v) is 5.54. The number of nitrogens with zero attached hydrogens (tertiary/aromatic N) is 2. The van der Waals surface area contributed by atoms with E-state index < -0.39 is 0 Å². The molecule has 2 N–H and O–H groups in total. The molecule has 0 fully saturated rings. The third-order valence-corrected chi connectivity index (χ3v) is 6.79. The predicted octanol–water partition coefficient (Wildman–Crippen LogP) is 4.33. The van der Waals surface area contributed by atoms with Crippen molar-refractivity contribution >= 4 is 66.3 Å². The number of carbonyl (C=O) groups excluding carboxylic acids is 2. The average molecular weight is 394 g/mol. The molecule has 0 bridgehead atoms. The number of hydrogen-bond acceptors (Lipinski definition) is 4. The maximum atomic E-state index is 12.8. The maximum Gasteiger partial charge on any atom is 0.258 e. The van der Waals surface area contributed by atoms with Gasteiger partial charge >= 0.3 is 0 Å². The Labute approximate surface area is 169 Å². The zero-order chi connectivity index (χ0) is 20.6. The SMILES string of the molecule is CN1C(=O)c2ccc3c4cc(O)c5c6c(ccc(c7cc(O)c1c2c37)c64)C(=O)N5C. The molecular weight excluding hydrogens is 380 g/mol. The summed E-state index contributed by atoms with van der Waals surface area (Å²) >= 11 is 0. The summed E-state index contributed by atoms with van der Waals surface area (Å²) in [6.07, 6.45) is 0. The van der Waals surface area contributed by atoms with E-state index in [0.717, 1.165) is 43.1 Å². The minimum absolute atomic E-state index is 0.0481. The molecule has 0 saturated carbocycles. The Morgan fingerprint density at radius 3 is 1.40 bits per heavy atom. The number of carbonyl (C=O) groups is 2. The van der Waals surface area contributed by atoms with E-state index in [-0.39, 0.29) is 23.3 Å². The van der Waals surface area contributed by atoms with E-state index in [1.54, 1.807) is 38.4 Å². The van der Waals surface area contributed by atoms with E-state index in [0.29, 0.717) is 22.5 Å². The van der Waals surface area contributed by atoms with Crippen LogP contribution in [0.5, 0.6) is 11.5 Å². The lowest BCUT2D eigenvalue weighted by atomic mass is 9.87. The first-order valence-electron chi connectivity index (χ1n) is 9.62. The van der Waals surface area contributed by atoms with Gasteiger partial charge in [0.05, 0.1) is 22.5 Å². The third kappa shape index (κ3) is 1.43. The Kier molecular flexibility index (Phi) is 2.41. The van der Waals surface area contributed by atoms with Gasteiger partial charge in [-0.15, -0.1) is 0 Å². The number of fused-ring (bicyclic) bond motifs is 2. The molecule has 7 rings (SSSR count). The molecule has 2 heterocycles. The molecule has 6 heteroatoms. The van der Waals surface area contributed by atoms with Gasteiger partial charge in [-0.25, -0.2) is 0 Å². The quantitative estimate of drug-likeness (QED) is 0.303. The average Bonchev–Trinajstić information content (AvgIpc) is 3.15. The van der Waals surface area contributed by atoms with Crippen molar-refractivity contribution in [3.63, 3.8) is 0 Å².